The van der Waals surface area contributed by atoms with E-state index in [4.69, 9.17) is 16.3 Å². The summed E-state index contributed by atoms with van der Waals surface area (Å²) in [5.74, 6) is 0.809. The number of halogens is 1. The topological polar surface area (TPSA) is 34.2 Å². The molecule has 1 aromatic heterocycles. The molecule has 0 radical (unpaired) electrons. The van der Waals surface area contributed by atoms with Gasteiger partial charge in [-0.15, -0.1) is 0 Å². The zero-order chi connectivity index (χ0) is 12.3. The molecule has 0 aliphatic carbocycles. The molecular weight excluding hydrogens is 236 g/mol. The van der Waals surface area contributed by atoms with Crippen LogP contribution in [0.15, 0.2) is 24.4 Å². The van der Waals surface area contributed by atoms with Gasteiger partial charge in [0.05, 0.1) is 17.6 Å². The average molecular weight is 251 g/mol. The van der Waals surface area contributed by atoms with Crippen molar-refractivity contribution in [3.8, 4) is 5.75 Å². The molecule has 0 saturated carbocycles. The van der Waals surface area contributed by atoms with E-state index >= 15 is 0 Å². The van der Waals surface area contributed by atoms with Crippen molar-refractivity contribution in [3.63, 3.8) is 0 Å². The lowest BCUT2D eigenvalue weighted by atomic mass is 10.1. The summed E-state index contributed by atoms with van der Waals surface area (Å²) in [6, 6.07) is 5.77. The number of likely N-dealkylation sites (N-methyl/N-ethyl adjacent to an activating group) is 1. The molecule has 0 unspecified atom stereocenters. The minimum Gasteiger partial charge on any atom is -0.496 e. The zero-order valence-corrected chi connectivity index (χ0v) is 10.7. The van der Waals surface area contributed by atoms with Crippen LogP contribution >= 0.6 is 11.6 Å². The second-order valence-electron chi connectivity index (χ2n) is 3.84. The number of ether oxygens (including phenoxy) is 1. The molecule has 2 rings (SSSR count). The van der Waals surface area contributed by atoms with Crippen LogP contribution in [0.5, 0.6) is 5.75 Å². The first-order chi connectivity index (χ1) is 8.26. The van der Waals surface area contributed by atoms with E-state index in [-0.39, 0.29) is 0 Å². The predicted molar refractivity (Wildman–Crippen MR) is 70.9 cm³/mol. The summed E-state index contributed by atoms with van der Waals surface area (Å²) < 4.78 is 5.33. The first kappa shape index (κ1) is 12.1. The van der Waals surface area contributed by atoms with Crippen LogP contribution in [-0.4, -0.2) is 25.7 Å². The van der Waals surface area contributed by atoms with E-state index < -0.39 is 0 Å². The van der Waals surface area contributed by atoms with Gasteiger partial charge in [-0.05, 0) is 43.8 Å². The van der Waals surface area contributed by atoms with Crippen LogP contribution in [0.1, 0.15) is 5.56 Å². The number of methoxy groups -OCH3 is 1. The molecular formula is C13H15ClN2O. The van der Waals surface area contributed by atoms with E-state index in [0.717, 1.165) is 29.6 Å². The van der Waals surface area contributed by atoms with Crippen molar-refractivity contribution in [2.24, 2.45) is 0 Å². The van der Waals surface area contributed by atoms with Crippen molar-refractivity contribution in [1.29, 1.82) is 0 Å². The lowest BCUT2D eigenvalue weighted by Crippen LogP contribution is -2.10. The normalized spacial score (nSPS) is 10.8. The van der Waals surface area contributed by atoms with Gasteiger partial charge < -0.3 is 10.1 Å². The van der Waals surface area contributed by atoms with Gasteiger partial charge in [0.25, 0.3) is 0 Å². The molecule has 0 aliphatic heterocycles. The van der Waals surface area contributed by atoms with Crippen molar-refractivity contribution in [2.45, 2.75) is 6.42 Å². The summed E-state index contributed by atoms with van der Waals surface area (Å²) >= 11 is 6.11. The second-order valence-corrected chi connectivity index (χ2v) is 4.25. The summed E-state index contributed by atoms with van der Waals surface area (Å²) in [5.41, 5.74) is 1.96. The summed E-state index contributed by atoms with van der Waals surface area (Å²) in [5, 5.41) is 4.74. The third-order valence-corrected chi connectivity index (χ3v) is 3.01. The van der Waals surface area contributed by atoms with E-state index in [2.05, 4.69) is 16.4 Å². The number of hydrogen-bond acceptors (Lipinski definition) is 3. The second kappa shape index (κ2) is 5.34. The van der Waals surface area contributed by atoms with Gasteiger partial charge in [-0.3, -0.25) is 4.98 Å². The highest BCUT2D eigenvalue weighted by molar-refractivity contribution is 6.35. The van der Waals surface area contributed by atoms with Crippen LogP contribution < -0.4 is 10.1 Å². The maximum absolute atomic E-state index is 6.11. The number of pyridine rings is 1. The van der Waals surface area contributed by atoms with Crippen LogP contribution in [0.4, 0.5) is 0 Å². The van der Waals surface area contributed by atoms with Crippen LogP contribution in [0, 0.1) is 0 Å². The van der Waals surface area contributed by atoms with Crippen LogP contribution in [-0.2, 0) is 6.42 Å². The molecule has 0 saturated heterocycles. The van der Waals surface area contributed by atoms with Gasteiger partial charge in [0.2, 0.25) is 0 Å². The highest BCUT2D eigenvalue weighted by Gasteiger charge is 2.07. The highest BCUT2D eigenvalue weighted by atomic mass is 35.5. The Kier molecular flexibility index (Phi) is 3.82. The Balaban J connectivity index is 2.50. The zero-order valence-electron chi connectivity index (χ0n) is 9.96. The monoisotopic (exact) mass is 250 g/mol. The lowest BCUT2D eigenvalue weighted by molar-refractivity contribution is 0.419. The number of rotatable bonds is 4. The third-order valence-electron chi connectivity index (χ3n) is 2.70. The summed E-state index contributed by atoms with van der Waals surface area (Å²) in [4.78, 5) is 4.40. The van der Waals surface area contributed by atoms with Crippen molar-refractivity contribution in [1.82, 2.24) is 10.3 Å². The minimum absolute atomic E-state index is 0.654. The van der Waals surface area contributed by atoms with E-state index in [0.29, 0.717) is 5.02 Å². The van der Waals surface area contributed by atoms with Gasteiger partial charge in [-0.25, -0.2) is 0 Å². The largest absolute Gasteiger partial charge is 0.496 e. The number of aromatic nitrogens is 1. The molecule has 0 amide bonds. The quantitative estimate of drug-likeness (QED) is 0.906. The van der Waals surface area contributed by atoms with Gasteiger partial charge >= 0.3 is 0 Å². The molecule has 4 heteroatoms. The van der Waals surface area contributed by atoms with Crippen molar-refractivity contribution in [2.75, 3.05) is 20.7 Å². The molecule has 90 valence electrons. The molecule has 0 aliphatic rings. The van der Waals surface area contributed by atoms with Crippen molar-refractivity contribution < 1.29 is 4.74 Å². The maximum Gasteiger partial charge on any atom is 0.128 e. The number of hydrogen-bond donors (Lipinski definition) is 1. The van der Waals surface area contributed by atoms with Crippen LogP contribution in [0.25, 0.3) is 10.9 Å². The molecule has 2 aromatic rings. The predicted octanol–water partition coefficient (Wildman–Crippen LogP) is 2.66. The van der Waals surface area contributed by atoms with Crippen molar-refractivity contribution in [3.05, 3.63) is 35.0 Å². The maximum atomic E-state index is 6.11. The van der Waals surface area contributed by atoms with Crippen molar-refractivity contribution >= 4 is 22.5 Å². The first-order valence-corrected chi connectivity index (χ1v) is 5.89. The van der Waals surface area contributed by atoms with Gasteiger partial charge in [-0.1, -0.05) is 11.6 Å². The fraction of sp³-hybridized carbons (Fsp3) is 0.308. The van der Waals surface area contributed by atoms with Crippen LogP contribution in [0.3, 0.4) is 0 Å². The van der Waals surface area contributed by atoms with E-state index in [1.165, 1.54) is 5.56 Å². The molecule has 0 fully saturated rings. The molecule has 1 heterocycles. The Labute approximate surface area is 106 Å². The third kappa shape index (κ3) is 2.51. The number of benzene rings is 1. The average Bonchev–Trinajstić information content (AvgIpc) is 2.37. The molecule has 0 spiro atoms. The van der Waals surface area contributed by atoms with E-state index in [1.807, 2.05) is 25.4 Å². The van der Waals surface area contributed by atoms with Gasteiger partial charge in [0, 0.05) is 11.6 Å². The lowest BCUT2D eigenvalue weighted by Gasteiger charge is -2.08. The minimum atomic E-state index is 0.654. The van der Waals surface area contributed by atoms with Gasteiger partial charge in [0.1, 0.15) is 5.75 Å². The fourth-order valence-electron chi connectivity index (χ4n) is 1.79. The Bertz CT molecular complexity index is 528. The summed E-state index contributed by atoms with van der Waals surface area (Å²) in [6.45, 7) is 0.927. The molecule has 1 N–H and O–H groups in total. The van der Waals surface area contributed by atoms with Crippen LogP contribution in [0.2, 0.25) is 5.02 Å². The molecule has 0 bridgehead atoms. The summed E-state index contributed by atoms with van der Waals surface area (Å²) in [7, 11) is 3.59. The Morgan fingerprint density at radius 2 is 2.24 bits per heavy atom. The van der Waals surface area contributed by atoms with E-state index in [1.54, 1.807) is 7.11 Å². The molecule has 3 nitrogen and oxygen atoms in total. The first-order valence-electron chi connectivity index (χ1n) is 5.52. The number of nitrogens with one attached hydrogen (secondary N) is 1. The Morgan fingerprint density at radius 1 is 1.41 bits per heavy atom. The summed E-state index contributed by atoms with van der Waals surface area (Å²) in [6.07, 6.45) is 2.81. The highest BCUT2D eigenvalue weighted by Crippen LogP contribution is 2.30. The number of fused-ring (bicyclic) bond motifs is 1. The van der Waals surface area contributed by atoms with E-state index in [9.17, 15) is 0 Å². The SMILES string of the molecule is CNCCc1cnc2c(Cl)ccc(OC)c2c1. The fourth-order valence-corrected chi connectivity index (χ4v) is 2.00. The number of nitrogens with zero attached hydrogens (tertiary/aromatic N) is 1. The standard InChI is InChI=1S/C13H15ClN2O/c1-15-6-5-9-7-10-12(17-2)4-3-11(14)13(10)16-8-9/h3-4,7-8,15H,5-6H2,1-2H3. The Hall–Kier alpha value is -1.32. The van der Waals surface area contributed by atoms with Gasteiger partial charge in [0.15, 0.2) is 0 Å². The van der Waals surface area contributed by atoms with Gasteiger partial charge in [-0.2, -0.15) is 0 Å². The smallest absolute Gasteiger partial charge is 0.128 e. The Morgan fingerprint density at radius 3 is 2.94 bits per heavy atom. The molecule has 0 atom stereocenters. The molecule has 1 aromatic carbocycles. The molecule has 17 heavy (non-hydrogen) atoms.